The van der Waals surface area contributed by atoms with Gasteiger partial charge in [0, 0.05) is 64.8 Å². The number of pyridine rings is 1. The molecule has 4 aromatic heterocycles. The summed E-state index contributed by atoms with van der Waals surface area (Å²) in [5.74, 6) is -1.03. The molecule has 8 nitrogen and oxygen atoms in total. The first-order valence-electron chi connectivity index (χ1n) is 16.3. The predicted molar refractivity (Wildman–Crippen MR) is 182 cm³/mol. The van der Waals surface area contributed by atoms with Crippen LogP contribution < -0.4 is 0 Å². The fraction of sp³-hybridized carbons (Fsp3) is 0.342. The number of carboxylic acid groups (broad SMARTS) is 1. The summed E-state index contributed by atoms with van der Waals surface area (Å²) in [4.78, 5) is 47.8. The number of ketones is 1. The Morgan fingerprint density at radius 2 is 1.63 bits per heavy atom. The van der Waals surface area contributed by atoms with Crippen molar-refractivity contribution in [3.63, 3.8) is 0 Å². The van der Waals surface area contributed by atoms with Gasteiger partial charge in [0.1, 0.15) is 0 Å². The maximum Gasteiger partial charge on any atom is 0.303 e. The highest BCUT2D eigenvalue weighted by molar-refractivity contribution is 6.13. The number of fused-ring (bicyclic) bond motifs is 8. The molecule has 8 heteroatoms. The van der Waals surface area contributed by atoms with Crippen LogP contribution in [-0.4, -0.2) is 41.8 Å². The second-order valence-corrected chi connectivity index (χ2v) is 12.8. The number of nitrogens with zero attached hydrogens (tertiary/aromatic N) is 3. The number of carbonyl (C=O) groups excluding carboxylic acids is 1. The lowest BCUT2D eigenvalue weighted by atomic mass is 9.83. The Balaban J connectivity index is 1.71. The van der Waals surface area contributed by atoms with Crippen LogP contribution >= 0.6 is 0 Å². The van der Waals surface area contributed by atoms with Crippen LogP contribution in [0.5, 0.6) is 0 Å². The minimum atomic E-state index is -0.839. The molecular formula is C38H39N5O3. The van der Waals surface area contributed by atoms with E-state index in [-0.39, 0.29) is 30.5 Å². The number of aromatic amines is 2. The average molecular weight is 614 g/mol. The van der Waals surface area contributed by atoms with Crippen LogP contribution in [0.3, 0.4) is 0 Å². The first kappa shape index (κ1) is 29.8. The molecule has 0 aromatic carbocycles. The van der Waals surface area contributed by atoms with E-state index in [0.717, 1.165) is 91.1 Å². The quantitative estimate of drug-likeness (QED) is 0.201. The summed E-state index contributed by atoms with van der Waals surface area (Å²) in [6, 6.07) is 8.26. The van der Waals surface area contributed by atoms with E-state index in [2.05, 4.69) is 61.7 Å². The highest BCUT2D eigenvalue weighted by Gasteiger charge is 2.37. The van der Waals surface area contributed by atoms with E-state index in [4.69, 9.17) is 9.97 Å². The number of carbonyl (C=O) groups is 2. The van der Waals surface area contributed by atoms with Crippen molar-refractivity contribution in [3.05, 3.63) is 87.3 Å². The van der Waals surface area contributed by atoms with Crippen LogP contribution in [0.2, 0.25) is 0 Å². The standard InChI is InChI=1S/C38H39N5O3/c1-7-23-18(3)27-16-30-24(8-2)19(4)35(42-30)34(22-11-13-39-14-12-22)36-20(5)25(9-10-32(45)46)37(43-36)26-15-31(44)33-21(6)28(41-38(26)33)17-29(23)40-27/h11-14,16-17,20,25,41-42H,7-10,15H2,1-6H3,(H,45,46)/t20-,25-/m0/s1. The topological polar surface area (TPSA) is 125 Å². The van der Waals surface area contributed by atoms with Crippen molar-refractivity contribution in [2.45, 2.75) is 85.5 Å². The van der Waals surface area contributed by atoms with Crippen molar-refractivity contribution in [1.29, 1.82) is 0 Å². The normalized spacial score (nSPS) is 17.3. The van der Waals surface area contributed by atoms with Crippen molar-refractivity contribution >= 4 is 45.0 Å². The molecule has 0 saturated heterocycles. The summed E-state index contributed by atoms with van der Waals surface area (Å²) in [7, 11) is 0. The average Bonchev–Trinajstić information content (AvgIpc) is 3.79. The zero-order valence-electron chi connectivity index (χ0n) is 27.3. The van der Waals surface area contributed by atoms with Gasteiger partial charge in [-0.15, -0.1) is 0 Å². The molecule has 1 aliphatic carbocycles. The van der Waals surface area contributed by atoms with Gasteiger partial charge in [0.25, 0.3) is 0 Å². The third-order valence-corrected chi connectivity index (χ3v) is 10.4. The predicted octanol–water partition coefficient (Wildman–Crippen LogP) is 8.39. The van der Waals surface area contributed by atoms with Crippen LogP contribution in [0, 0.1) is 13.8 Å². The third kappa shape index (κ3) is 4.53. The van der Waals surface area contributed by atoms with E-state index in [1.165, 1.54) is 11.1 Å². The number of aromatic nitrogens is 5. The molecule has 0 amide bonds. The number of Topliss-reactive ketones (excluding diaryl/α,β-unsaturated/α-hetero) is 1. The van der Waals surface area contributed by atoms with Gasteiger partial charge in [-0.25, -0.2) is 4.98 Å². The maximum atomic E-state index is 13.7. The number of carboxylic acids is 1. The summed E-state index contributed by atoms with van der Waals surface area (Å²) < 4.78 is 0. The van der Waals surface area contributed by atoms with Gasteiger partial charge in [0.15, 0.2) is 5.78 Å². The second kappa shape index (κ2) is 11.2. The molecule has 46 heavy (non-hydrogen) atoms. The van der Waals surface area contributed by atoms with Gasteiger partial charge in [-0.05, 0) is 97.7 Å². The van der Waals surface area contributed by atoms with Crippen molar-refractivity contribution in [3.8, 4) is 11.1 Å². The lowest BCUT2D eigenvalue weighted by molar-refractivity contribution is -0.137. The lowest BCUT2D eigenvalue weighted by Crippen LogP contribution is -2.08. The van der Waals surface area contributed by atoms with Gasteiger partial charge in [0.05, 0.1) is 33.8 Å². The lowest BCUT2D eigenvalue weighted by Gasteiger charge is -2.18. The Labute approximate surface area is 268 Å². The number of allylic oxidation sites excluding steroid dienone is 2. The van der Waals surface area contributed by atoms with E-state index < -0.39 is 5.97 Å². The first-order valence-corrected chi connectivity index (χ1v) is 16.3. The number of hydrogen-bond donors (Lipinski definition) is 3. The fourth-order valence-electron chi connectivity index (χ4n) is 7.90. The van der Waals surface area contributed by atoms with E-state index in [9.17, 15) is 14.7 Å². The molecule has 3 aliphatic rings. The van der Waals surface area contributed by atoms with Gasteiger partial charge in [-0.3, -0.25) is 19.6 Å². The van der Waals surface area contributed by atoms with Gasteiger partial charge < -0.3 is 15.1 Å². The molecule has 0 spiro atoms. The molecule has 3 N–H and O–H groups in total. The minimum absolute atomic E-state index is 0.0211. The SMILES string of the molecule is CCC1=C(C)c2cc3[nH]c(c(C)c3CC)c(-c3ccncc3)c3nc(c4c5[nH]c(cc1n2)c(C)c5C(=O)C4)[C@@H](CCC(=O)O)[C@@H]3C. The third-order valence-electron chi connectivity index (χ3n) is 10.4. The number of hydrogen-bond acceptors (Lipinski definition) is 5. The van der Waals surface area contributed by atoms with Crippen LogP contribution in [0.25, 0.3) is 44.3 Å². The largest absolute Gasteiger partial charge is 0.481 e. The smallest absolute Gasteiger partial charge is 0.303 e. The van der Waals surface area contributed by atoms with E-state index in [0.29, 0.717) is 12.0 Å². The Bertz CT molecular complexity index is 2150. The van der Waals surface area contributed by atoms with Gasteiger partial charge in [0.2, 0.25) is 0 Å². The molecular weight excluding hydrogens is 574 g/mol. The molecule has 4 aromatic rings. The summed E-state index contributed by atoms with van der Waals surface area (Å²) in [5.41, 5.74) is 16.4. The summed E-state index contributed by atoms with van der Waals surface area (Å²) >= 11 is 0. The number of H-pyrrole nitrogens is 2. The highest BCUT2D eigenvalue weighted by Crippen LogP contribution is 2.47. The summed E-state index contributed by atoms with van der Waals surface area (Å²) in [6.45, 7) is 12.8. The van der Waals surface area contributed by atoms with Crippen molar-refractivity contribution in [1.82, 2.24) is 24.9 Å². The van der Waals surface area contributed by atoms with Gasteiger partial charge in [-0.2, -0.15) is 0 Å². The maximum absolute atomic E-state index is 13.7. The van der Waals surface area contributed by atoms with E-state index >= 15 is 0 Å². The van der Waals surface area contributed by atoms with Crippen LogP contribution in [0.4, 0.5) is 0 Å². The molecule has 8 bridgehead atoms. The molecule has 2 atom stereocenters. The van der Waals surface area contributed by atoms with Crippen molar-refractivity contribution in [2.75, 3.05) is 0 Å². The molecule has 0 radical (unpaired) electrons. The van der Waals surface area contributed by atoms with Crippen LogP contribution in [0.15, 0.2) is 36.7 Å². The number of nitrogens with one attached hydrogen (secondary N) is 2. The van der Waals surface area contributed by atoms with Gasteiger partial charge >= 0.3 is 5.97 Å². The van der Waals surface area contributed by atoms with Crippen LogP contribution in [0.1, 0.15) is 114 Å². The highest BCUT2D eigenvalue weighted by atomic mass is 16.4. The zero-order chi connectivity index (χ0) is 32.4. The summed E-state index contributed by atoms with van der Waals surface area (Å²) in [5, 5.41) is 9.73. The number of aryl methyl sites for hydroxylation is 3. The zero-order valence-corrected chi connectivity index (χ0v) is 27.3. The molecule has 0 unspecified atom stereocenters. The van der Waals surface area contributed by atoms with Crippen molar-refractivity contribution in [2.24, 2.45) is 0 Å². The summed E-state index contributed by atoms with van der Waals surface area (Å²) in [6.07, 6.45) is 5.95. The number of aliphatic carboxylic acids is 1. The van der Waals surface area contributed by atoms with E-state index in [1.54, 1.807) is 12.4 Å². The first-order chi connectivity index (χ1) is 22.1. The second-order valence-electron chi connectivity index (χ2n) is 12.8. The van der Waals surface area contributed by atoms with Gasteiger partial charge in [-0.1, -0.05) is 20.8 Å². The van der Waals surface area contributed by atoms with E-state index in [1.807, 2.05) is 19.1 Å². The Hall–Kier alpha value is -4.85. The molecule has 2 aliphatic heterocycles. The Kier molecular flexibility index (Phi) is 7.26. The monoisotopic (exact) mass is 613 g/mol. The van der Waals surface area contributed by atoms with Crippen LogP contribution in [-0.2, 0) is 17.6 Å². The Morgan fingerprint density at radius 1 is 0.913 bits per heavy atom. The van der Waals surface area contributed by atoms with Crippen molar-refractivity contribution < 1.29 is 14.7 Å². The molecule has 234 valence electrons. The Morgan fingerprint density at radius 3 is 2.33 bits per heavy atom. The number of rotatable bonds is 6. The molecule has 0 fully saturated rings. The minimum Gasteiger partial charge on any atom is -0.481 e. The molecule has 7 rings (SSSR count). The molecule has 6 heterocycles. The fourth-order valence-corrected chi connectivity index (χ4v) is 7.90. The molecule has 0 saturated carbocycles.